The summed E-state index contributed by atoms with van der Waals surface area (Å²) < 4.78 is 11.2. The van der Waals surface area contributed by atoms with E-state index in [1.54, 1.807) is 13.0 Å². The lowest BCUT2D eigenvalue weighted by Gasteiger charge is -2.29. The number of piperidine rings is 1. The van der Waals surface area contributed by atoms with Crippen molar-refractivity contribution in [1.82, 2.24) is 20.5 Å². The van der Waals surface area contributed by atoms with Crippen molar-refractivity contribution >= 4 is 23.8 Å². The van der Waals surface area contributed by atoms with Crippen LogP contribution in [0.3, 0.4) is 0 Å². The van der Waals surface area contributed by atoms with E-state index in [1.165, 1.54) is 4.90 Å². The highest BCUT2D eigenvalue weighted by Crippen LogP contribution is 2.30. The number of amides is 4. The Kier molecular flexibility index (Phi) is 6.34. The Balaban J connectivity index is 1.21. The predicted octanol–water partition coefficient (Wildman–Crippen LogP) is 2.72. The molecule has 0 spiro atoms. The zero-order chi connectivity index (χ0) is 25.4. The number of hydrogen-bond acceptors (Lipinski definition) is 7. The molecule has 2 N–H and O–H groups in total. The minimum absolute atomic E-state index is 0.203. The minimum atomic E-state index is -0.672. The van der Waals surface area contributed by atoms with Gasteiger partial charge < -0.3 is 19.7 Å². The van der Waals surface area contributed by atoms with E-state index in [1.807, 2.05) is 31.2 Å². The summed E-state index contributed by atoms with van der Waals surface area (Å²) in [6.07, 6.45) is 1.19. The van der Waals surface area contributed by atoms with Gasteiger partial charge in [0, 0.05) is 24.1 Å². The number of alkyl carbamates (subject to hydrolysis) is 1. The molecule has 3 unspecified atom stereocenters. The molecule has 1 saturated heterocycles. The average molecular weight is 493 g/mol. The van der Waals surface area contributed by atoms with Gasteiger partial charge in [0.15, 0.2) is 0 Å². The van der Waals surface area contributed by atoms with Gasteiger partial charge in [0.1, 0.15) is 12.1 Å². The summed E-state index contributed by atoms with van der Waals surface area (Å²) in [7, 11) is 0. The molecule has 0 bridgehead atoms. The third-order valence-electron chi connectivity index (χ3n) is 6.87. The van der Waals surface area contributed by atoms with Gasteiger partial charge >= 0.3 is 6.09 Å². The van der Waals surface area contributed by atoms with Crippen molar-refractivity contribution in [1.29, 1.82) is 0 Å². The predicted molar refractivity (Wildman–Crippen MR) is 127 cm³/mol. The number of pyridine rings is 1. The number of rotatable bonds is 5. The maximum absolute atomic E-state index is 13.0. The molecular weight excluding hydrogens is 464 g/mol. The number of ether oxygens (including phenoxy) is 2. The van der Waals surface area contributed by atoms with Crippen LogP contribution in [-0.2, 0) is 27.3 Å². The van der Waals surface area contributed by atoms with Crippen LogP contribution in [0.1, 0.15) is 78.0 Å². The third-order valence-corrected chi connectivity index (χ3v) is 6.87. The first-order chi connectivity index (χ1) is 17.3. The van der Waals surface area contributed by atoms with Crippen molar-refractivity contribution in [3.8, 4) is 5.88 Å². The van der Waals surface area contributed by atoms with Crippen molar-refractivity contribution in [2.24, 2.45) is 0 Å². The minimum Gasteiger partial charge on any atom is -0.477 e. The maximum atomic E-state index is 13.0. The number of carbonyl (C=O) groups excluding carboxylic acids is 4. The highest BCUT2D eigenvalue weighted by atomic mass is 16.6. The lowest BCUT2D eigenvalue weighted by atomic mass is 10.0. The SMILES string of the molecule is CC(NC(=O)OC(C)c1ccc2c(c1)C(=O)N(C1CCC(=O)NC1=O)C2)c1ccc2c(n1)OCCC2. The van der Waals surface area contributed by atoms with Crippen molar-refractivity contribution in [2.45, 2.75) is 64.3 Å². The van der Waals surface area contributed by atoms with Crippen LogP contribution in [0.2, 0.25) is 0 Å². The van der Waals surface area contributed by atoms with E-state index >= 15 is 0 Å². The summed E-state index contributed by atoms with van der Waals surface area (Å²) in [4.78, 5) is 55.3. The Morgan fingerprint density at radius 3 is 2.78 bits per heavy atom. The number of fused-ring (bicyclic) bond motifs is 2. The normalized spacial score (nSPS) is 20.6. The molecule has 0 aliphatic carbocycles. The van der Waals surface area contributed by atoms with Gasteiger partial charge in [0.2, 0.25) is 17.7 Å². The molecule has 0 radical (unpaired) electrons. The van der Waals surface area contributed by atoms with Crippen LogP contribution in [0, 0.1) is 0 Å². The number of imide groups is 1. The molecule has 4 heterocycles. The molecule has 10 heteroatoms. The van der Waals surface area contributed by atoms with E-state index in [2.05, 4.69) is 15.6 Å². The van der Waals surface area contributed by atoms with Gasteiger partial charge in [-0.15, -0.1) is 0 Å². The smallest absolute Gasteiger partial charge is 0.408 e. The number of nitrogens with zero attached hydrogens (tertiary/aromatic N) is 2. The fourth-order valence-corrected chi connectivity index (χ4v) is 4.81. The third kappa shape index (κ3) is 4.62. The van der Waals surface area contributed by atoms with Crippen LogP contribution in [0.5, 0.6) is 5.88 Å². The van der Waals surface area contributed by atoms with Gasteiger partial charge in [-0.2, -0.15) is 0 Å². The van der Waals surface area contributed by atoms with Gasteiger partial charge in [-0.25, -0.2) is 9.78 Å². The fourth-order valence-electron chi connectivity index (χ4n) is 4.81. The molecule has 36 heavy (non-hydrogen) atoms. The Bertz CT molecular complexity index is 1240. The van der Waals surface area contributed by atoms with Crippen LogP contribution >= 0.6 is 0 Å². The molecule has 1 aromatic carbocycles. The molecule has 4 amide bonds. The zero-order valence-corrected chi connectivity index (χ0v) is 20.2. The molecule has 2 aromatic rings. The summed E-state index contributed by atoms with van der Waals surface area (Å²) >= 11 is 0. The first-order valence-corrected chi connectivity index (χ1v) is 12.2. The lowest BCUT2D eigenvalue weighted by molar-refractivity contribution is -0.136. The van der Waals surface area contributed by atoms with Gasteiger partial charge in [0.25, 0.3) is 5.91 Å². The van der Waals surface area contributed by atoms with E-state index < -0.39 is 24.1 Å². The van der Waals surface area contributed by atoms with Crippen LogP contribution in [0.15, 0.2) is 30.3 Å². The molecule has 1 aromatic heterocycles. The Hall–Kier alpha value is -3.95. The Morgan fingerprint density at radius 1 is 1.17 bits per heavy atom. The second kappa shape index (κ2) is 9.60. The lowest BCUT2D eigenvalue weighted by Crippen LogP contribution is -2.52. The Morgan fingerprint density at radius 2 is 1.97 bits per heavy atom. The molecule has 1 fully saturated rings. The van der Waals surface area contributed by atoms with Crippen molar-refractivity contribution < 1.29 is 28.7 Å². The second-order valence-electron chi connectivity index (χ2n) is 9.38. The Labute approximate surface area is 208 Å². The molecule has 0 saturated carbocycles. The molecule has 188 valence electrons. The number of hydrogen-bond donors (Lipinski definition) is 2. The maximum Gasteiger partial charge on any atom is 0.408 e. The van der Waals surface area contributed by atoms with Gasteiger partial charge in [-0.05, 0) is 56.4 Å². The molecule has 3 aliphatic heterocycles. The summed E-state index contributed by atoms with van der Waals surface area (Å²) in [5.41, 5.74) is 3.67. The van der Waals surface area contributed by atoms with Crippen LogP contribution in [0.4, 0.5) is 4.79 Å². The summed E-state index contributed by atoms with van der Waals surface area (Å²) in [5.74, 6) is -0.428. The number of aromatic nitrogens is 1. The van der Waals surface area contributed by atoms with Crippen molar-refractivity contribution in [3.05, 3.63) is 58.3 Å². The largest absolute Gasteiger partial charge is 0.477 e. The van der Waals surface area contributed by atoms with E-state index in [4.69, 9.17) is 9.47 Å². The topological polar surface area (TPSA) is 127 Å². The van der Waals surface area contributed by atoms with E-state index in [9.17, 15) is 19.2 Å². The van der Waals surface area contributed by atoms with Gasteiger partial charge in [-0.1, -0.05) is 18.2 Å². The van der Waals surface area contributed by atoms with Gasteiger partial charge in [-0.3, -0.25) is 19.7 Å². The molecule has 10 nitrogen and oxygen atoms in total. The number of aryl methyl sites for hydroxylation is 1. The van der Waals surface area contributed by atoms with E-state index in [-0.39, 0.29) is 24.3 Å². The monoisotopic (exact) mass is 492 g/mol. The quantitative estimate of drug-likeness (QED) is 0.615. The standard InChI is InChI=1S/C26H28N4O6/c1-14(20-8-7-16-4-3-11-35-24(16)28-20)27-26(34)36-15(2)17-5-6-18-13-30(25(33)19(18)12-17)21-9-10-22(31)29-23(21)32/h5-8,12,14-15,21H,3-4,9-11,13H2,1-2H3,(H,27,34)(H,29,31,32). The second-order valence-corrected chi connectivity index (χ2v) is 9.38. The first-order valence-electron chi connectivity index (χ1n) is 12.2. The number of benzene rings is 1. The zero-order valence-electron chi connectivity index (χ0n) is 20.2. The van der Waals surface area contributed by atoms with Gasteiger partial charge in [0.05, 0.1) is 18.3 Å². The molecule has 3 aliphatic rings. The summed E-state index contributed by atoms with van der Waals surface area (Å²) in [6.45, 7) is 4.49. The van der Waals surface area contributed by atoms with Crippen LogP contribution in [0.25, 0.3) is 0 Å². The number of nitrogens with one attached hydrogen (secondary N) is 2. The van der Waals surface area contributed by atoms with Crippen molar-refractivity contribution in [2.75, 3.05) is 6.61 Å². The average Bonchev–Trinajstić information content (AvgIpc) is 3.19. The highest BCUT2D eigenvalue weighted by molar-refractivity contribution is 6.05. The summed E-state index contributed by atoms with van der Waals surface area (Å²) in [6, 6.07) is 8.12. The highest BCUT2D eigenvalue weighted by Gasteiger charge is 2.39. The fraction of sp³-hybridized carbons (Fsp3) is 0.423. The summed E-state index contributed by atoms with van der Waals surface area (Å²) in [5, 5.41) is 5.10. The molecule has 5 rings (SSSR count). The van der Waals surface area contributed by atoms with Crippen molar-refractivity contribution in [3.63, 3.8) is 0 Å². The van der Waals surface area contributed by atoms with Crippen LogP contribution in [-0.4, -0.2) is 46.3 Å². The molecular formula is C26H28N4O6. The number of carbonyl (C=O) groups is 4. The van der Waals surface area contributed by atoms with E-state index in [0.717, 1.165) is 24.0 Å². The first kappa shape index (κ1) is 23.8. The molecule has 3 atom stereocenters. The van der Waals surface area contributed by atoms with E-state index in [0.29, 0.717) is 42.3 Å². The van der Waals surface area contributed by atoms with Crippen LogP contribution < -0.4 is 15.4 Å².